The Morgan fingerprint density at radius 1 is 0.586 bits per heavy atom. The molecule has 4 nitrogen and oxygen atoms in total. The molecule has 0 atom stereocenters. The Kier molecular flexibility index (Phi) is 7.51. The molecule has 0 saturated heterocycles. The van der Waals surface area contributed by atoms with E-state index in [9.17, 15) is 19.8 Å². The minimum atomic E-state index is -1.12. The second kappa shape index (κ2) is 9.66. The van der Waals surface area contributed by atoms with Crippen LogP contribution in [0.4, 0.5) is 0 Å². The number of carboxylic acids is 2. The first-order valence-corrected chi connectivity index (χ1v) is 8.79. The molecule has 5 heteroatoms. The van der Waals surface area contributed by atoms with Crippen molar-refractivity contribution in [1.82, 2.24) is 0 Å². The summed E-state index contributed by atoms with van der Waals surface area (Å²) in [5, 5.41) is 25.1. The van der Waals surface area contributed by atoms with E-state index in [2.05, 4.69) is 0 Å². The largest absolute Gasteiger partial charge is 2.00 e. The Morgan fingerprint density at radius 3 is 1.21 bits per heavy atom. The molecule has 0 bridgehead atoms. The fourth-order valence-corrected chi connectivity index (χ4v) is 3.40. The molecule has 0 aromatic heterocycles. The van der Waals surface area contributed by atoms with E-state index in [0.717, 1.165) is 32.7 Å². The maximum atomic E-state index is 10.9. The molecular weight excluding hydrogens is 553 g/mol. The van der Waals surface area contributed by atoms with E-state index in [1.807, 2.05) is 62.4 Å². The van der Waals surface area contributed by atoms with Gasteiger partial charge in [-0.1, -0.05) is 72.8 Å². The predicted molar refractivity (Wildman–Crippen MR) is 106 cm³/mol. The van der Waals surface area contributed by atoms with Crippen LogP contribution in [0, 0.1) is 13.8 Å². The molecule has 0 aliphatic rings. The molecule has 0 N–H and O–H groups in total. The molecule has 0 fully saturated rings. The van der Waals surface area contributed by atoms with Gasteiger partial charge in [-0.05, 0) is 46.5 Å². The van der Waals surface area contributed by atoms with E-state index in [4.69, 9.17) is 0 Å². The molecule has 4 rings (SSSR count). The molecule has 140 valence electrons. The van der Waals surface area contributed by atoms with E-state index in [1.54, 1.807) is 24.3 Å². The Morgan fingerprint density at radius 2 is 0.897 bits per heavy atom. The van der Waals surface area contributed by atoms with Crippen molar-refractivity contribution in [3.8, 4) is 0 Å². The van der Waals surface area contributed by atoms with E-state index >= 15 is 0 Å². The number of carbonyl (C=O) groups excluding carboxylic acids is 2. The Hall–Kier alpha value is -2.72. The van der Waals surface area contributed by atoms with Crippen LogP contribution >= 0.6 is 0 Å². The van der Waals surface area contributed by atoms with Crippen LogP contribution in [-0.2, 0) is 27.7 Å². The van der Waals surface area contributed by atoms with Crippen LogP contribution < -0.4 is 10.2 Å². The predicted octanol–water partition coefficient (Wildman–Crippen LogP) is 3.02. The van der Waals surface area contributed by atoms with Crippen molar-refractivity contribution < 1.29 is 47.5 Å². The number of benzene rings is 4. The van der Waals surface area contributed by atoms with Crippen LogP contribution in [0.5, 0.6) is 0 Å². The van der Waals surface area contributed by atoms with Gasteiger partial charge in [0.25, 0.3) is 0 Å². The molecule has 4 aromatic carbocycles. The van der Waals surface area contributed by atoms with E-state index < -0.39 is 11.9 Å². The summed E-state index contributed by atoms with van der Waals surface area (Å²) in [6.07, 6.45) is 0. The molecule has 0 aliphatic carbocycles. The topological polar surface area (TPSA) is 80.3 Å². The summed E-state index contributed by atoms with van der Waals surface area (Å²) in [5.74, 6) is -2.24. The third kappa shape index (κ3) is 4.82. The van der Waals surface area contributed by atoms with Gasteiger partial charge in [0.15, 0.2) is 0 Å². The molecule has 0 saturated carbocycles. The fourth-order valence-electron chi connectivity index (χ4n) is 3.40. The van der Waals surface area contributed by atoms with E-state index in [0.29, 0.717) is 0 Å². The van der Waals surface area contributed by atoms with E-state index in [-0.39, 0.29) is 38.8 Å². The molecule has 4 aromatic rings. The summed E-state index contributed by atoms with van der Waals surface area (Å²) in [4.78, 5) is 21.7. The minimum absolute atomic E-state index is 0. The number of hydrogen-bond acceptors (Lipinski definition) is 4. The van der Waals surface area contributed by atoms with Gasteiger partial charge in [-0.25, -0.2) is 0 Å². The van der Waals surface area contributed by atoms with Crippen molar-refractivity contribution in [2.24, 2.45) is 0 Å². The Labute approximate surface area is 189 Å². The summed E-state index contributed by atoms with van der Waals surface area (Å²) >= 11 is 0. The molecule has 29 heavy (non-hydrogen) atoms. The van der Waals surface area contributed by atoms with Gasteiger partial charge in [0.1, 0.15) is 0 Å². The minimum Gasteiger partial charge on any atom is -0.545 e. The van der Waals surface area contributed by atoms with Crippen molar-refractivity contribution in [3.05, 3.63) is 95.1 Å². The van der Waals surface area contributed by atoms with Gasteiger partial charge in [0.05, 0.1) is 11.9 Å². The van der Waals surface area contributed by atoms with Crippen LogP contribution in [-0.4, -0.2) is 11.9 Å². The molecule has 0 radical (unpaired) electrons. The SMILES string of the molecule is Cc1cccc2cccc(C(=O)[O-])c12.Cc1cccc2cccc(C(=O)[O-])c12.[Hg+2]. The zero-order valence-corrected chi connectivity index (χ0v) is 21.8. The third-order valence-electron chi connectivity index (χ3n) is 4.67. The number of hydrogen-bond donors (Lipinski definition) is 0. The summed E-state index contributed by atoms with van der Waals surface area (Å²) in [6.45, 7) is 3.80. The maximum Gasteiger partial charge on any atom is 2.00 e. The van der Waals surface area contributed by atoms with Crippen LogP contribution in [0.1, 0.15) is 31.8 Å². The monoisotopic (exact) mass is 572 g/mol. The van der Waals surface area contributed by atoms with Crippen molar-refractivity contribution >= 4 is 33.5 Å². The standard InChI is InChI=1S/2C12H10O2.Hg/c2*1-8-4-2-5-9-6-3-7-10(11(8)9)12(13)14;/h2*2-7H,1H3,(H,13,14);/q;;+2/p-2. The zero-order chi connectivity index (χ0) is 20.3. The van der Waals surface area contributed by atoms with Crippen molar-refractivity contribution in [3.63, 3.8) is 0 Å². The van der Waals surface area contributed by atoms with Gasteiger partial charge in [0.2, 0.25) is 0 Å². The number of fused-ring (bicyclic) bond motifs is 2. The number of aryl methyl sites for hydroxylation is 2. The number of carbonyl (C=O) groups is 2. The molecule has 0 unspecified atom stereocenters. The summed E-state index contributed by atoms with van der Waals surface area (Å²) in [5.41, 5.74) is 2.45. The smallest absolute Gasteiger partial charge is 0.545 e. The average Bonchev–Trinajstić information content (AvgIpc) is 2.68. The van der Waals surface area contributed by atoms with Crippen molar-refractivity contribution in [2.45, 2.75) is 13.8 Å². The second-order valence-electron chi connectivity index (χ2n) is 6.53. The summed E-state index contributed by atoms with van der Waals surface area (Å²) in [7, 11) is 0. The van der Waals surface area contributed by atoms with Gasteiger partial charge in [-0.15, -0.1) is 0 Å². The maximum absolute atomic E-state index is 10.9. The van der Waals surface area contributed by atoms with Gasteiger partial charge in [-0.2, -0.15) is 0 Å². The van der Waals surface area contributed by atoms with Gasteiger partial charge in [-0.3, -0.25) is 0 Å². The first-order chi connectivity index (χ1) is 13.4. The molecule has 0 amide bonds. The van der Waals surface area contributed by atoms with E-state index in [1.165, 1.54) is 0 Å². The average molecular weight is 571 g/mol. The molecule has 0 heterocycles. The normalized spacial score (nSPS) is 10.0. The van der Waals surface area contributed by atoms with Crippen LogP contribution in [0.2, 0.25) is 0 Å². The van der Waals surface area contributed by atoms with Crippen molar-refractivity contribution in [1.29, 1.82) is 0 Å². The Bertz CT molecular complexity index is 1090. The quantitative estimate of drug-likeness (QED) is 0.347. The first kappa shape index (κ1) is 22.6. The third-order valence-corrected chi connectivity index (χ3v) is 4.67. The van der Waals surface area contributed by atoms with Gasteiger partial charge < -0.3 is 19.8 Å². The first-order valence-electron chi connectivity index (χ1n) is 8.79. The molecule has 0 spiro atoms. The van der Waals surface area contributed by atoms with Gasteiger partial charge in [0, 0.05) is 11.1 Å². The molecule has 0 aliphatic heterocycles. The number of rotatable bonds is 2. The summed E-state index contributed by atoms with van der Waals surface area (Å²) in [6, 6.07) is 21.8. The van der Waals surface area contributed by atoms with Gasteiger partial charge >= 0.3 is 27.7 Å². The van der Waals surface area contributed by atoms with Crippen LogP contribution in [0.3, 0.4) is 0 Å². The van der Waals surface area contributed by atoms with Crippen molar-refractivity contribution in [2.75, 3.05) is 0 Å². The number of aromatic carboxylic acids is 2. The van der Waals surface area contributed by atoms with Crippen LogP contribution in [0.15, 0.2) is 72.8 Å². The zero-order valence-electron chi connectivity index (χ0n) is 16.3. The van der Waals surface area contributed by atoms with Crippen LogP contribution in [0.25, 0.3) is 21.5 Å². The number of carboxylic acid groups (broad SMARTS) is 2. The fraction of sp³-hybridized carbons (Fsp3) is 0.0833. The Balaban J connectivity index is 0.000000200. The second-order valence-corrected chi connectivity index (χ2v) is 6.53. The molecular formula is C24H18HgO4. The summed E-state index contributed by atoms with van der Waals surface area (Å²) < 4.78 is 0.